The number of carbonyl (C=O) groups excluding carboxylic acids is 3. The number of benzene rings is 4. The molecule has 0 bridgehead atoms. The van der Waals surface area contributed by atoms with Crippen LogP contribution in [0, 0.1) is 0 Å². The summed E-state index contributed by atoms with van der Waals surface area (Å²) in [7, 11) is 2.60. The largest absolute Gasteiger partial charge is 0.489 e. The number of methoxy groups -OCH3 is 2. The SMILES string of the molecule is COC(=O)Nc1ccccc1COc1ccc(Oc2ccc(CC(=O)Nc3ccccc3C(=O)OC)cc2)cc1. The molecule has 40 heavy (non-hydrogen) atoms. The number of hydrogen-bond acceptors (Lipinski definition) is 7. The molecule has 4 aromatic rings. The van der Waals surface area contributed by atoms with Gasteiger partial charge >= 0.3 is 12.1 Å². The molecular weight excluding hydrogens is 512 g/mol. The van der Waals surface area contributed by atoms with Crippen LogP contribution in [0.4, 0.5) is 16.2 Å². The zero-order chi connectivity index (χ0) is 28.3. The van der Waals surface area contributed by atoms with Crippen LogP contribution in [0.15, 0.2) is 97.1 Å². The molecule has 204 valence electrons. The topological polar surface area (TPSA) is 112 Å². The zero-order valence-corrected chi connectivity index (χ0v) is 22.0. The Bertz CT molecular complexity index is 1470. The number of nitrogens with one attached hydrogen (secondary N) is 2. The molecule has 0 aliphatic heterocycles. The summed E-state index contributed by atoms with van der Waals surface area (Å²) >= 11 is 0. The van der Waals surface area contributed by atoms with Gasteiger partial charge in [-0.05, 0) is 60.2 Å². The van der Waals surface area contributed by atoms with E-state index in [1.807, 2.05) is 18.2 Å². The molecular formula is C31H28N2O7. The maximum Gasteiger partial charge on any atom is 0.411 e. The third-order valence-electron chi connectivity index (χ3n) is 5.79. The van der Waals surface area contributed by atoms with Crippen molar-refractivity contribution < 1.29 is 33.3 Å². The number of hydrogen-bond donors (Lipinski definition) is 2. The highest BCUT2D eigenvalue weighted by molar-refractivity contribution is 6.01. The number of amides is 2. The molecule has 2 amide bonds. The molecule has 0 aromatic heterocycles. The van der Waals surface area contributed by atoms with Crippen LogP contribution >= 0.6 is 0 Å². The minimum absolute atomic E-state index is 0.125. The molecule has 0 saturated carbocycles. The van der Waals surface area contributed by atoms with Crippen molar-refractivity contribution in [3.05, 3.63) is 114 Å². The third kappa shape index (κ3) is 7.61. The van der Waals surface area contributed by atoms with Gasteiger partial charge in [-0.1, -0.05) is 42.5 Å². The Morgan fingerprint density at radius 1 is 0.650 bits per heavy atom. The van der Waals surface area contributed by atoms with E-state index in [0.29, 0.717) is 34.2 Å². The quantitative estimate of drug-likeness (QED) is 0.230. The Kier molecular flexibility index (Phi) is 9.34. The second-order valence-corrected chi connectivity index (χ2v) is 8.54. The minimum atomic E-state index is -0.549. The summed E-state index contributed by atoms with van der Waals surface area (Å²) in [5.41, 5.74) is 2.88. The summed E-state index contributed by atoms with van der Waals surface area (Å²) in [6.07, 6.45) is -0.424. The summed E-state index contributed by atoms with van der Waals surface area (Å²) in [6.45, 7) is 0.254. The van der Waals surface area contributed by atoms with Crippen molar-refractivity contribution in [2.45, 2.75) is 13.0 Å². The lowest BCUT2D eigenvalue weighted by Gasteiger charge is -2.12. The molecule has 0 atom stereocenters. The Morgan fingerprint density at radius 3 is 1.93 bits per heavy atom. The van der Waals surface area contributed by atoms with Gasteiger partial charge in [0, 0.05) is 5.56 Å². The van der Waals surface area contributed by atoms with E-state index in [0.717, 1.165) is 11.1 Å². The molecule has 9 nitrogen and oxygen atoms in total. The molecule has 0 unspecified atom stereocenters. The highest BCUT2D eigenvalue weighted by Gasteiger charge is 2.14. The number of ether oxygens (including phenoxy) is 4. The monoisotopic (exact) mass is 540 g/mol. The standard InChI is InChI=1S/C31H28N2O7/c1-37-30(35)26-8-4-6-10-28(26)32-29(34)19-21-11-13-24(14-12-21)40-25-17-15-23(16-18-25)39-20-22-7-3-5-9-27(22)33-31(36)38-2/h3-18H,19-20H2,1-2H3,(H,32,34)(H,33,36). The summed E-state index contributed by atoms with van der Waals surface area (Å²) in [4.78, 5) is 36.0. The number of carbonyl (C=O) groups is 3. The van der Waals surface area contributed by atoms with Crippen molar-refractivity contribution in [1.29, 1.82) is 0 Å². The molecule has 4 rings (SSSR count). The van der Waals surface area contributed by atoms with Gasteiger partial charge in [-0.2, -0.15) is 0 Å². The Labute approximate surface area is 231 Å². The van der Waals surface area contributed by atoms with Gasteiger partial charge in [0.1, 0.15) is 23.9 Å². The van der Waals surface area contributed by atoms with E-state index in [4.69, 9.17) is 14.2 Å². The third-order valence-corrected chi connectivity index (χ3v) is 5.79. The summed E-state index contributed by atoms with van der Waals surface area (Å²) in [5.74, 6) is 1.08. The molecule has 0 heterocycles. The fraction of sp³-hybridized carbons (Fsp3) is 0.129. The lowest BCUT2D eigenvalue weighted by atomic mass is 10.1. The Balaban J connectivity index is 1.29. The van der Waals surface area contributed by atoms with Gasteiger partial charge in [0.15, 0.2) is 0 Å². The van der Waals surface area contributed by atoms with Gasteiger partial charge in [-0.25, -0.2) is 9.59 Å². The number of para-hydroxylation sites is 2. The number of esters is 1. The average Bonchev–Trinajstić information content (AvgIpc) is 2.98. The predicted molar refractivity (Wildman–Crippen MR) is 150 cm³/mol. The molecule has 4 aromatic carbocycles. The number of rotatable bonds is 10. The Hall–Kier alpha value is -5.31. The Morgan fingerprint density at radius 2 is 1.25 bits per heavy atom. The van der Waals surface area contributed by atoms with E-state index >= 15 is 0 Å². The second kappa shape index (κ2) is 13.5. The van der Waals surface area contributed by atoms with Gasteiger partial charge in [-0.3, -0.25) is 10.1 Å². The first-order valence-electron chi connectivity index (χ1n) is 12.3. The van der Waals surface area contributed by atoms with Gasteiger partial charge < -0.3 is 24.3 Å². The molecule has 0 aliphatic rings. The molecule has 0 spiro atoms. The van der Waals surface area contributed by atoms with Gasteiger partial charge in [0.05, 0.1) is 37.6 Å². The first-order chi connectivity index (χ1) is 19.4. The van der Waals surface area contributed by atoms with Crippen LogP contribution in [0.1, 0.15) is 21.5 Å². The molecule has 9 heteroatoms. The van der Waals surface area contributed by atoms with Gasteiger partial charge in [-0.15, -0.1) is 0 Å². The highest BCUT2D eigenvalue weighted by atomic mass is 16.5. The highest BCUT2D eigenvalue weighted by Crippen LogP contribution is 2.26. The van der Waals surface area contributed by atoms with Crippen molar-refractivity contribution in [2.75, 3.05) is 24.9 Å². The second-order valence-electron chi connectivity index (χ2n) is 8.54. The first-order valence-corrected chi connectivity index (χ1v) is 12.3. The smallest absolute Gasteiger partial charge is 0.411 e. The maximum absolute atomic E-state index is 12.5. The van der Waals surface area contributed by atoms with Crippen LogP contribution in [-0.4, -0.2) is 32.2 Å². The van der Waals surface area contributed by atoms with Crippen LogP contribution in [0.5, 0.6) is 17.2 Å². The van der Waals surface area contributed by atoms with E-state index in [1.54, 1.807) is 78.9 Å². The lowest BCUT2D eigenvalue weighted by molar-refractivity contribution is -0.115. The summed E-state index contributed by atoms with van der Waals surface area (Å²) in [5, 5.41) is 5.43. The first kappa shape index (κ1) is 27.7. The van der Waals surface area contributed by atoms with Crippen molar-refractivity contribution >= 4 is 29.3 Å². The van der Waals surface area contributed by atoms with Crippen molar-refractivity contribution in [1.82, 2.24) is 0 Å². The normalized spacial score (nSPS) is 10.2. The molecule has 0 fully saturated rings. The molecule has 0 radical (unpaired) electrons. The molecule has 0 aliphatic carbocycles. The van der Waals surface area contributed by atoms with E-state index in [2.05, 4.69) is 15.4 Å². The maximum atomic E-state index is 12.5. The van der Waals surface area contributed by atoms with E-state index in [-0.39, 0.29) is 18.9 Å². The summed E-state index contributed by atoms with van der Waals surface area (Å²) in [6, 6.07) is 28.3. The van der Waals surface area contributed by atoms with Crippen LogP contribution in [0.3, 0.4) is 0 Å². The van der Waals surface area contributed by atoms with Crippen LogP contribution in [0.25, 0.3) is 0 Å². The minimum Gasteiger partial charge on any atom is -0.489 e. The fourth-order valence-electron chi connectivity index (χ4n) is 3.77. The average molecular weight is 541 g/mol. The predicted octanol–water partition coefficient (Wildman–Crippen LogP) is 6.20. The van der Waals surface area contributed by atoms with E-state index in [9.17, 15) is 14.4 Å². The van der Waals surface area contributed by atoms with Crippen LogP contribution in [-0.2, 0) is 27.3 Å². The van der Waals surface area contributed by atoms with Crippen LogP contribution < -0.4 is 20.1 Å². The van der Waals surface area contributed by atoms with Crippen LogP contribution in [0.2, 0.25) is 0 Å². The number of anilines is 2. The lowest BCUT2D eigenvalue weighted by Crippen LogP contribution is -2.17. The zero-order valence-electron chi connectivity index (χ0n) is 22.0. The van der Waals surface area contributed by atoms with E-state index < -0.39 is 12.1 Å². The molecule has 0 saturated heterocycles. The van der Waals surface area contributed by atoms with Gasteiger partial charge in [0.2, 0.25) is 5.91 Å². The summed E-state index contributed by atoms with van der Waals surface area (Å²) < 4.78 is 21.2. The van der Waals surface area contributed by atoms with Gasteiger partial charge in [0.25, 0.3) is 0 Å². The fourth-order valence-corrected chi connectivity index (χ4v) is 3.77. The van der Waals surface area contributed by atoms with Crippen molar-refractivity contribution in [2.24, 2.45) is 0 Å². The van der Waals surface area contributed by atoms with Crippen molar-refractivity contribution in [3.63, 3.8) is 0 Å². The van der Waals surface area contributed by atoms with E-state index in [1.165, 1.54) is 14.2 Å². The molecule has 2 N–H and O–H groups in total. The van der Waals surface area contributed by atoms with Crippen molar-refractivity contribution in [3.8, 4) is 17.2 Å².